The predicted octanol–water partition coefficient (Wildman–Crippen LogP) is 1.37. The molecule has 5 nitrogen and oxygen atoms in total. The van der Waals surface area contributed by atoms with Crippen molar-refractivity contribution in [3.8, 4) is 0 Å². The zero-order valence-electron chi connectivity index (χ0n) is 9.07. The van der Waals surface area contributed by atoms with Crippen LogP contribution in [0.4, 0.5) is 5.69 Å². The summed E-state index contributed by atoms with van der Waals surface area (Å²) in [7, 11) is 0. The van der Waals surface area contributed by atoms with Crippen LogP contribution >= 0.6 is 0 Å². The van der Waals surface area contributed by atoms with Gasteiger partial charge in [0.15, 0.2) is 0 Å². The van der Waals surface area contributed by atoms with Crippen LogP contribution in [0.15, 0.2) is 35.7 Å². The van der Waals surface area contributed by atoms with Gasteiger partial charge in [0, 0.05) is 12.0 Å². The number of imidazole rings is 1. The van der Waals surface area contributed by atoms with Gasteiger partial charge in [0.1, 0.15) is 5.84 Å². The van der Waals surface area contributed by atoms with Gasteiger partial charge in [-0.2, -0.15) is 0 Å². The van der Waals surface area contributed by atoms with Gasteiger partial charge in [-0.1, -0.05) is 12.1 Å². The molecule has 0 radical (unpaired) electrons. The molecule has 0 aliphatic carbocycles. The highest BCUT2D eigenvalue weighted by molar-refractivity contribution is 6.06. The van der Waals surface area contributed by atoms with Crippen molar-refractivity contribution in [3.05, 3.63) is 47.5 Å². The normalized spacial score (nSPS) is 13.3. The van der Waals surface area contributed by atoms with Crippen LogP contribution in [-0.4, -0.2) is 21.5 Å². The molecule has 1 aliphatic heterocycles. The summed E-state index contributed by atoms with van der Waals surface area (Å²) in [5, 5.41) is 7.40. The number of nitrogens with two attached hydrogens (primary N) is 1. The maximum absolute atomic E-state index is 7.40. The number of H-pyrrole nitrogens is 1. The largest absolute Gasteiger partial charge is 0.384 e. The number of rotatable bonds is 2. The molecule has 5 heteroatoms. The number of nitrogen functional groups attached to an aromatic ring is 1. The molecule has 1 aliphatic rings. The lowest BCUT2D eigenvalue weighted by Gasteiger charge is -2.00. The van der Waals surface area contributed by atoms with Gasteiger partial charge in [0.2, 0.25) is 0 Å². The third kappa shape index (κ3) is 1.61. The van der Waals surface area contributed by atoms with E-state index in [1.54, 1.807) is 12.5 Å². The highest BCUT2D eigenvalue weighted by Gasteiger charge is 2.17. The maximum atomic E-state index is 7.40. The number of nitrogens with zero attached hydrogens (tertiary/aromatic N) is 2. The Hall–Kier alpha value is -2.43. The zero-order chi connectivity index (χ0) is 11.8. The van der Waals surface area contributed by atoms with E-state index in [9.17, 15) is 0 Å². The molecule has 0 bridgehead atoms. The van der Waals surface area contributed by atoms with Gasteiger partial charge in [-0.3, -0.25) is 10.4 Å². The van der Waals surface area contributed by atoms with Crippen molar-refractivity contribution in [3.63, 3.8) is 0 Å². The Morgan fingerprint density at radius 1 is 1.41 bits per heavy atom. The molecule has 0 spiro atoms. The maximum Gasteiger partial charge on any atom is 0.122 e. The lowest BCUT2D eigenvalue weighted by Crippen LogP contribution is -2.10. The Morgan fingerprint density at radius 2 is 2.29 bits per heavy atom. The van der Waals surface area contributed by atoms with Gasteiger partial charge in [-0.05, 0) is 11.6 Å². The average molecular weight is 225 g/mol. The van der Waals surface area contributed by atoms with E-state index in [4.69, 9.17) is 11.1 Å². The molecule has 0 saturated carbocycles. The number of aromatic nitrogens is 2. The van der Waals surface area contributed by atoms with Crippen LogP contribution < -0.4 is 5.73 Å². The van der Waals surface area contributed by atoms with Gasteiger partial charge in [-0.15, -0.1) is 0 Å². The summed E-state index contributed by atoms with van der Waals surface area (Å²) in [6.07, 6.45) is 4.19. The average Bonchev–Trinajstić information content (AvgIpc) is 2.96. The van der Waals surface area contributed by atoms with E-state index in [0.29, 0.717) is 5.56 Å². The lowest BCUT2D eigenvalue weighted by atomic mass is 10.1. The highest BCUT2D eigenvalue weighted by Crippen LogP contribution is 2.29. The first-order valence-electron chi connectivity index (χ1n) is 5.27. The smallest absolute Gasteiger partial charge is 0.122 e. The van der Waals surface area contributed by atoms with Gasteiger partial charge < -0.3 is 10.7 Å². The van der Waals surface area contributed by atoms with Crippen LogP contribution in [0.25, 0.3) is 0 Å². The Bertz CT molecular complexity index is 610. The van der Waals surface area contributed by atoms with Crippen LogP contribution in [0.2, 0.25) is 0 Å². The number of fused-ring (bicyclic) bond motifs is 1. The molecule has 84 valence electrons. The third-order valence-corrected chi connectivity index (χ3v) is 2.82. The quantitative estimate of drug-likeness (QED) is 0.532. The minimum Gasteiger partial charge on any atom is -0.384 e. The fourth-order valence-corrected chi connectivity index (χ4v) is 1.92. The van der Waals surface area contributed by atoms with Crippen molar-refractivity contribution in [2.45, 2.75) is 6.42 Å². The van der Waals surface area contributed by atoms with Crippen LogP contribution in [0.1, 0.15) is 16.8 Å². The molecule has 0 unspecified atom stereocenters. The molecule has 0 amide bonds. The molecule has 3 rings (SSSR count). The SMILES string of the molecule is N=C(N)c1ccc2c(c1)N=C(c1cnc[nH]1)C2. The Balaban J connectivity index is 2.01. The number of benzene rings is 1. The molecule has 2 aromatic rings. The molecule has 0 fully saturated rings. The summed E-state index contributed by atoms with van der Waals surface area (Å²) < 4.78 is 0. The van der Waals surface area contributed by atoms with E-state index in [0.717, 1.165) is 29.1 Å². The number of nitrogens with one attached hydrogen (secondary N) is 2. The first-order valence-corrected chi connectivity index (χ1v) is 5.27. The van der Waals surface area contributed by atoms with Crippen molar-refractivity contribution < 1.29 is 0 Å². The van der Waals surface area contributed by atoms with Crippen LogP contribution in [-0.2, 0) is 6.42 Å². The second-order valence-electron chi connectivity index (χ2n) is 3.96. The standard InChI is InChI=1S/C12H11N5/c13-12(14)8-2-1-7-3-10(17-9(7)4-8)11-5-15-6-16-11/h1-2,4-6H,3H2,(H3,13,14)(H,15,16). The van der Waals surface area contributed by atoms with Crippen molar-refractivity contribution in [1.82, 2.24) is 9.97 Å². The Morgan fingerprint density at radius 3 is 3.00 bits per heavy atom. The Kier molecular flexibility index (Phi) is 2.04. The minimum absolute atomic E-state index is 0.0676. The third-order valence-electron chi connectivity index (χ3n) is 2.82. The lowest BCUT2D eigenvalue weighted by molar-refractivity contribution is 1.29. The highest BCUT2D eigenvalue weighted by atomic mass is 14.9. The van der Waals surface area contributed by atoms with Crippen LogP contribution in [0, 0.1) is 5.41 Å². The van der Waals surface area contributed by atoms with Crippen molar-refractivity contribution in [2.24, 2.45) is 10.7 Å². The fraction of sp³-hybridized carbons (Fsp3) is 0.0833. The second kappa shape index (κ2) is 3.55. The summed E-state index contributed by atoms with van der Waals surface area (Å²) in [6.45, 7) is 0. The first kappa shape index (κ1) is 9.77. The predicted molar refractivity (Wildman–Crippen MR) is 65.9 cm³/mol. The van der Waals surface area contributed by atoms with Gasteiger partial charge in [0.05, 0.1) is 29.6 Å². The molecule has 0 atom stereocenters. The molecule has 2 heterocycles. The molecule has 1 aromatic carbocycles. The van der Waals surface area contributed by atoms with Crippen LogP contribution in [0.5, 0.6) is 0 Å². The van der Waals surface area contributed by atoms with Gasteiger partial charge in [0.25, 0.3) is 0 Å². The summed E-state index contributed by atoms with van der Waals surface area (Å²) in [5.41, 5.74) is 10.1. The van der Waals surface area contributed by atoms with E-state index in [1.807, 2.05) is 18.2 Å². The number of aliphatic imine (C=N–C) groups is 1. The topological polar surface area (TPSA) is 90.9 Å². The summed E-state index contributed by atoms with van der Waals surface area (Å²) in [6, 6.07) is 5.67. The zero-order valence-corrected chi connectivity index (χ0v) is 9.07. The Labute approximate surface area is 97.9 Å². The van der Waals surface area contributed by atoms with E-state index in [1.165, 1.54) is 0 Å². The van der Waals surface area contributed by atoms with Gasteiger partial charge in [-0.25, -0.2) is 4.98 Å². The molecule has 17 heavy (non-hydrogen) atoms. The van der Waals surface area contributed by atoms with Crippen molar-refractivity contribution in [1.29, 1.82) is 5.41 Å². The van der Waals surface area contributed by atoms with Crippen molar-refractivity contribution >= 4 is 17.2 Å². The van der Waals surface area contributed by atoms with Crippen LogP contribution in [0.3, 0.4) is 0 Å². The fourth-order valence-electron chi connectivity index (χ4n) is 1.92. The summed E-state index contributed by atoms with van der Waals surface area (Å²) in [4.78, 5) is 11.6. The second-order valence-corrected chi connectivity index (χ2v) is 3.96. The van der Waals surface area contributed by atoms with Gasteiger partial charge >= 0.3 is 0 Å². The molecule has 1 aromatic heterocycles. The monoisotopic (exact) mass is 225 g/mol. The molecular weight excluding hydrogens is 214 g/mol. The van der Waals surface area contributed by atoms with Crippen molar-refractivity contribution in [2.75, 3.05) is 0 Å². The number of hydrogen-bond donors (Lipinski definition) is 3. The number of amidine groups is 1. The van der Waals surface area contributed by atoms with E-state index >= 15 is 0 Å². The molecule has 0 saturated heterocycles. The summed E-state index contributed by atoms with van der Waals surface area (Å²) in [5.74, 6) is 0.0676. The molecule has 4 N–H and O–H groups in total. The van der Waals surface area contributed by atoms with E-state index < -0.39 is 0 Å². The molecular formula is C12H11N5. The first-order chi connectivity index (χ1) is 8.24. The minimum atomic E-state index is 0.0676. The number of aromatic amines is 1. The summed E-state index contributed by atoms with van der Waals surface area (Å²) >= 11 is 0. The van der Waals surface area contributed by atoms with E-state index in [-0.39, 0.29) is 5.84 Å². The van der Waals surface area contributed by atoms with E-state index in [2.05, 4.69) is 15.0 Å². The number of hydrogen-bond acceptors (Lipinski definition) is 3.